The van der Waals surface area contributed by atoms with Gasteiger partial charge in [-0.25, -0.2) is 13.2 Å². The zero-order chi connectivity index (χ0) is 22.6. The Kier molecular flexibility index (Phi) is 6.70. The van der Waals surface area contributed by atoms with Gasteiger partial charge in [0, 0.05) is 17.4 Å². The van der Waals surface area contributed by atoms with E-state index >= 15 is 0 Å². The molecule has 1 N–H and O–H groups in total. The Morgan fingerprint density at radius 2 is 1.87 bits per heavy atom. The number of anilines is 1. The van der Waals surface area contributed by atoms with Crippen LogP contribution in [0.25, 0.3) is 10.1 Å². The lowest BCUT2D eigenvalue weighted by molar-refractivity contribution is -0.116. The van der Waals surface area contributed by atoms with E-state index < -0.39 is 28.4 Å². The number of amides is 1. The van der Waals surface area contributed by atoms with E-state index in [0.29, 0.717) is 16.1 Å². The van der Waals surface area contributed by atoms with Crippen molar-refractivity contribution in [3.05, 3.63) is 59.0 Å². The molecule has 1 amide bonds. The van der Waals surface area contributed by atoms with Gasteiger partial charge in [0.05, 0.1) is 29.7 Å². The average molecular weight is 458 g/mol. The first-order valence-electron chi connectivity index (χ1n) is 9.21. The Hall–Kier alpha value is -3.26. The number of hydrogen-bond donors (Lipinski definition) is 1. The summed E-state index contributed by atoms with van der Waals surface area (Å²) in [5.74, 6) is -0.913. The van der Waals surface area contributed by atoms with Crippen molar-refractivity contribution in [2.75, 3.05) is 25.5 Å². The molecule has 0 radical (unpaired) electrons. The van der Waals surface area contributed by atoms with Crippen LogP contribution < -0.4 is 5.32 Å². The predicted molar refractivity (Wildman–Crippen MR) is 117 cm³/mol. The fraction of sp³-hybridized carbons (Fsp3) is 0.190. The van der Waals surface area contributed by atoms with Crippen LogP contribution in [-0.4, -0.2) is 44.8 Å². The number of esters is 1. The van der Waals surface area contributed by atoms with Crippen LogP contribution >= 0.6 is 11.3 Å². The number of rotatable bonds is 7. The van der Waals surface area contributed by atoms with Crippen molar-refractivity contribution >= 4 is 49.0 Å². The van der Waals surface area contributed by atoms with Gasteiger partial charge in [-0.1, -0.05) is 0 Å². The summed E-state index contributed by atoms with van der Waals surface area (Å²) in [7, 11) is -2.58. The minimum Gasteiger partial charge on any atom is -0.462 e. The Bertz CT molecular complexity index is 1270. The molecule has 0 aliphatic heterocycles. The molecule has 3 rings (SSSR count). The summed E-state index contributed by atoms with van der Waals surface area (Å²) in [6, 6.07) is 14.2. The van der Waals surface area contributed by atoms with Crippen LogP contribution in [0, 0.1) is 11.3 Å². The third-order valence-corrected chi connectivity index (χ3v) is 7.25. The van der Waals surface area contributed by atoms with Crippen molar-refractivity contribution in [2.45, 2.75) is 11.8 Å². The highest BCUT2D eigenvalue weighted by molar-refractivity contribution is 7.89. The number of carbonyl (C=O) groups is 2. The Morgan fingerprint density at radius 3 is 2.52 bits per heavy atom. The molecule has 0 saturated heterocycles. The average Bonchev–Trinajstić information content (AvgIpc) is 3.17. The van der Waals surface area contributed by atoms with E-state index in [1.165, 1.54) is 42.6 Å². The number of nitrogens with zero attached hydrogens (tertiary/aromatic N) is 2. The van der Waals surface area contributed by atoms with E-state index in [9.17, 15) is 18.0 Å². The number of fused-ring (bicyclic) bond motifs is 1. The Balaban J connectivity index is 1.69. The summed E-state index contributed by atoms with van der Waals surface area (Å²) in [5.41, 5.74) is 0.823. The number of thiophene rings is 1. The van der Waals surface area contributed by atoms with E-state index in [1.807, 2.05) is 6.07 Å². The highest BCUT2D eigenvalue weighted by atomic mass is 32.2. The van der Waals surface area contributed by atoms with Crippen molar-refractivity contribution < 1.29 is 22.7 Å². The Labute approximate surface area is 183 Å². The quantitative estimate of drug-likeness (QED) is 0.545. The van der Waals surface area contributed by atoms with E-state index in [2.05, 4.69) is 5.32 Å². The molecule has 8 nitrogen and oxygen atoms in total. The smallest absolute Gasteiger partial charge is 0.348 e. The first-order chi connectivity index (χ1) is 14.7. The van der Waals surface area contributed by atoms with Crippen LogP contribution in [0.4, 0.5) is 5.69 Å². The van der Waals surface area contributed by atoms with Crippen LogP contribution in [0.15, 0.2) is 53.4 Å². The molecule has 0 aliphatic rings. The zero-order valence-electron chi connectivity index (χ0n) is 16.8. The molecule has 0 aliphatic carbocycles. The van der Waals surface area contributed by atoms with Gasteiger partial charge in [-0.3, -0.25) is 4.79 Å². The van der Waals surface area contributed by atoms with Crippen molar-refractivity contribution in [2.24, 2.45) is 0 Å². The molecule has 0 unspecified atom stereocenters. The maximum absolute atomic E-state index is 12.6. The molecule has 0 spiro atoms. The van der Waals surface area contributed by atoms with Gasteiger partial charge in [-0.05, 0) is 60.8 Å². The second kappa shape index (κ2) is 9.26. The first-order valence-corrected chi connectivity index (χ1v) is 11.5. The number of nitriles is 1. The number of likely N-dealkylation sites (N-methyl/N-ethyl adjacent to an activating group) is 1. The van der Waals surface area contributed by atoms with Crippen LogP contribution in [-0.2, 0) is 19.6 Å². The molecule has 160 valence electrons. The van der Waals surface area contributed by atoms with Gasteiger partial charge in [0.15, 0.2) is 0 Å². The number of hydrogen-bond acceptors (Lipinski definition) is 7. The first kappa shape index (κ1) is 22.4. The van der Waals surface area contributed by atoms with Gasteiger partial charge in [0.25, 0.3) is 0 Å². The second-order valence-electron chi connectivity index (χ2n) is 6.53. The standard InChI is InChI=1S/C21H19N3O5S2/c1-3-29-21(26)19-11-15-10-16(6-9-18(15)30-19)23-20(25)13-24(2)31(27,28)17-7-4-14(12-22)5-8-17/h4-11H,3,13H2,1-2H3,(H,23,25). The summed E-state index contributed by atoms with van der Waals surface area (Å²) < 4.78 is 32.1. The molecule has 3 aromatic rings. The largest absolute Gasteiger partial charge is 0.462 e. The van der Waals surface area contributed by atoms with Crippen LogP contribution in [0.5, 0.6) is 0 Å². The number of nitrogens with one attached hydrogen (secondary N) is 1. The third kappa shape index (κ3) is 5.08. The molecule has 10 heteroatoms. The molecular weight excluding hydrogens is 438 g/mol. The van der Waals surface area contributed by atoms with Crippen molar-refractivity contribution in [1.29, 1.82) is 5.26 Å². The lowest BCUT2D eigenvalue weighted by Gasteiger charge is -2.17. The van der Waals surface area contributed by atoms with Crippen LogP contribution in [0.1, 0.15) is 22.2 Å². The van der Waals surface area contributed by atoms with E-state index in [-0.39, 0.29) is 11.5 Å². The minimum atomic E-state index is -3.88. The van der Waals surface area contributed by atoms with Gasteiger partial charge in [0.2, 0.25) is 15.9 Å². The van der Waals surface area contributed by atoms with E-state index in [0.717, 1.165) is 14.4 Å². The monoisotopic (exact) mass is 457 g/mol. The highest BCUT2D eigenvalue weighted by Gasteiger charge is 2.23. The van der Waals surface area contributed by atoms with E-state index in [1.54, 1.807) is 31.2 Å². The number of carbonyl (C=O) groups excluding carboxylic acids is 2. The molecule has 0 bridgehead atoms. The van der Waals surface area contributed by atoms with E-state index in [4.69, 9.17) is 10.00 Å². The highest BCUT2D eigenvalue weighted by Crippen LogP contribution is 2.28. The normalized spacial score (nSPS) is 11.3. The SMILES string of the molecule is CCOC(=O)c1cc2cc(NC(=O)CN(C)S(=O)(=O)c3ccc(C#N)cc3)ccc2s1. The maximum atomic E-state index is 12.6. The van der Waals surface area contributed by atoms with Gasteiger partial charge in [-0.15, -0.1) is 11.3 Å². The molecule has 1 aromatic heterocycles. The second-order valence-corrected chi connectivity index (χ2v) is 9.66. The summed E-state index contributed by atoms with van der Waals surface area (Å²) >= 11 is 1.29. The van der Waals surface area contributed by atoms with Gasteiger partial charge in [-0.2, -0.15) is 9.57 Å². The fourth-order valence-electron chi connectivity index (χ4n) is 2.79. The number of benzene rings is 2. The molecule has 2 aromatic carbocycles. The number of ether oxygens (including phenoxy) is 1. The summed E-state index contributed by atoms with van der Waals surface area (Å²) in [6.45, 7) is 1.63. The maximum Gasteiger partial charge on any atom is 0.348 e. The molecule has 1 heterocycles. The summed E-state index contributed by atoms with van der Waals surface area (Å²) in [5, 5.41) is 12.3. The lowest BCUT2D eigenvalue weighted by Crippen LogP contribution is -2.34. The molecular formula is C21H19N3O5S2. The van der Waals surface area contributed by atoms with Gasteiger partial charge in [0.1, 0.15) is 4.88 Å². The molecule has 0 atom stereocenters. The van der Waals surface area contributed by atoms with Gasteiger partial charge >= 0.3 is 5.97 Å². The van der Waals surface area contributed by atoms with Crippen molar-refractivity contribution in [3.8, 4) is 6.07 Å². The van der Waals surface area contributed by atoms with Crippen LogP contribution in [0.3, 0.4) is 0 Å². The zero-order valence-corrected chi connectivity index (χ0v) is 18.4. The Morgan fingerprint density at radius 1 is 1.16 bits per heavy atom. The number of sulfonamides is 1. The minimum absolute atomic E-state index is 0.00649. The summed E-state index contributed by atoms with van der Waals surface area (Å²) in [6.07, 6.45) is 0. The third-order valence-electron chi connectivity index (χ3n) is 4.33. The van der Waals surface area contributed by atoms with Gasteiger partial charge < -0.3 is 10.1 Å². The summed E-state index contributed by atoms with van der Waals surface area (Å²) in [4.78, 5) is 24.7. The van der Waals surface area contributed by atoms with Crippen LogP contribution in [0.2, 0.25) is 0 Å². The predicted octanol–water partition coefficient (Wildman–Crippen LogP) is 3.21. The molecule has 0 fully saturated rings. The fourth-order valence-corrected chi connectivity index (χ4v) is 4.86. The molecule has 0 saturated carbocycles. The van der Waals surface area contributed by atoms with Crippen molar-refractivity contribution in [3.63, 3.8) is 0 Å². The molecule has 31 heavy (non-hydrogen) atoms. The topological polar surface area (TPSA) is 117 Å². The lowest BCUT2D eigenvalue weighted by atomic mass is 10.2. The van der Waals surface area contributed by atoms with Crippen molar-refractivity contribution in [1.82, 2.24) is 4.31 Å².